The number of aromatic carboxylic acids is 1. The van der Waals surface area contributed by atoms with Crippen LogP contribution < -0.4 is 0 Å². The molecule has 0 spiro atoms. The Morgan fingerprint density at radius 3 is 2.76 bits per heavy atom. The number of hydrogen-bond donors (Lipinski definition) is 1. The van der Waals surface area contributed by atoms with E-state index in [1.165, 1.54) is 25.0 Å². The second-order valence-corrected chi connectivity index (χ2v) is 5.80. The van der Waals surface area contributed by atoms with E-state index in [-0.39, 0.29) is 0 Å². The van der Waals surface area contributed by atoms with Crippen LogP contribution in [-0.2, 0) is 10.8 Å². The Morgan fingerprint density at radius 2 is 2.18 bits per heavy atom. The van der Waals surface area contributed by atoms with E-state index in [1.807, 2.05) is 0 Å². The maximum atomic E-state index is 13.1. The molecule has 0 amide bonds. The highest BCUT2D eigenvalue weighted by Crippen LogP contribution is 2.32. The predicted octanol–water partition coefficient (Wildman–Crippen LogP) is 2.43. The van der Waals surface area contributed by atoms with Gasteiger partial charge in [-0.25, -0.2) is 9.18 Å². The van der Waals surface area contributed by atoms with Crippen molar-refractivity contribution < 1.29 is 18.5 Å². The van der Waals surface area contributed by atoms with E-state index < -0.39 is 28.1 Å². The van der Waals surface area contributed by atoms with E-state index in [0.29, 0.717) is 16.6 Å². The molecule has 1 aliphatic carbocycles. The quantitative estimate of drug-likeness (QED) is 0.880. The predicted molar refractivity (Wildman–Crippen MR) is 62.0 cm³/mol. The van der Waals surface area contributed by atoms with Gasteiger partial charge in [0.2, 0.25) is 0 Å². The van der Waals surface area contributed by atoms with Crippen molar-refractivity contribution in [1.29, 1.82) is 0 Å². The third kappa shape index (κ3) is 3.12. The van der Waals surface area contributed by atoms with Crippen molar-refractivity contribution >= 4 is 16.8 Å². The SMILES string of the molecule is O=C(O)c1cc(S(=O)CCC2CC2)ccc1F. The summed E-state index contributed by atoms with van der Waals surface area (Å²) in [6.45, 7) is 0. The average molecular weight is 256 g/mol. The van der Waals surface area contributed by atoms with Gasteiger partial charge in [0.15, 0.2) is 0 Å². The molecule has 2 rings (SSSR count). The Bertz CT molecular complexity index is 469. The fraction of sp³-hybridized carbons (Fsp3) is 0.417. The van der Waals surface area contributed by atoms with Gasteiger partial charge in [-0.1, -0.05) is 12.8 Å². The Hall–Kier alpha value is -1.23. The summed E-state index contributed by atoms with van der Waals surface area (Å²) in [6, 6.07) is 3.62. The first-order valence-corrected chi connectivity index (χ1v) is 6.81. The van der Waals surface area contributed by atoms with E-state index in [9.17, 15) is 13.4 Å². The van der Waals surface area contributed by atoms with Crippen molar-refractivity contribution in [1.82, 2.24) is 0 Å². The second-order valence-electron chi connectivity index (χ2n) is 4.23. The van der Waals surface area contributed by atoms with E-state index >= 15 is 0 Å². The van der Waals surface area contributed by atoms with Crippen LogP contribution in [0.2, 0.25) is 0 Å². The summed E-state index contributed by atoms with van der Waals surface area (Å²) in [5.41, 5.74) is -0.415. The number of benzene rings is 1. The molecule has 0 heterocycles. The monoisotopic (exact) mass is 256 g/mol. The topological polar surface area (TPSA) is 54.4 Å². The van der Waals surface area contributed by atoms with Crippen molar-refractivity contribution in [3.8, 4) is 0 Å². The van der Waals surface area contributed by atoms with Crippen LogP contribution in [0.15, 0.2) is 23.1 Å². The van der Waals surface area contributed by atoms with Crippen molar-refractivity contribution in [3.63, 3.8) is 0 Å². The second kappa shape index (κ2) is 4.96. The molecule has 1 aromatic rings. The Balaban J connectivity index is 2.11. The normalized spacial score (nSPS) is 16.8. The lowest BCUT2D eigenvalue weighted by molar-refractivity contribution is 0.0691. The first-order valence-electron chi connectivity index (χ1n) is 5.49. The van der Waals surface area contributed by atoms with Gasteiger partial charge < -0.3 is 5.11 Å². The van der Waals surface area contributed by atoms with Gasteiger partial charge >= 0.3 is 5.97 Å². The summed E-state index contributed by atoms with van der Waals surface area (Å²) in [5, 5.41) is 8.76. The molecule has 1 unspecified atom stereocenters. The summed E-state index contributed by atoms with van der Waals surface area (Å²) < 4.78 is 25.0. The molecule has 0 bridgehead atoms. The van der Waals surface area contributed by atoms with Crippen LogP contribution in [0.1, 0.15) is 29.6 Å². The number of carboxylic acid groups (broad SMARTS) is 1. The lowest BCUT2D eigenvalue weighted by Crippen LogP contribution is -2.04. The molecule has 1 aliphatic rings. The van der Waals surface area contributed by atoms with Crippen LogP contribution in [0.3, 0.4) is 0 Å². The van der Waals surface area contributed by atoms with Gasteiger partial charge in [-0.05, 0) is 30.5 Å². The van der Waals surface area contributed by atoms with Crippen molar-refractivity contribution in [2.75, 3.05) is 5.75 Å². The minimum atomic E-state index is -1.33. The summed E-state index contributed by atoms with van der Waals surface area (Å²) >= 11 is 0. The van der Waals surface area contributed by atoms with Gasteiger partial charge in [-0.15, -0.1) is 0 Å². The van der Waals surface area contributed by atoms with E-state index in [1.54, 1.807) is 0 Å². The molecular weight excluding hydrogens is 243 g/mol. The van der Waals surface area contributed by atoms with Crippen molar-refractivity contribution in [2.45, 2.75) is 24.2 Å². The molecule has 1 atom stereocenters. The number of rotatable bonds is 5. The smallest absolute Gasteiger partial charge is 0.338 e. The molecule has 92 valence electrons. The summed E-state index contributed by atoms with van der Waals surface area (Å²) in [6.07, 6.45) is 3.29. The molecule has 0 radical (unpaired) electrons. The van der Waals surface area contributed by atoms with Crippen LogP contribution in [0, 0.1) is 11.7 Å². The van der Waals surface area contributed by atoms with E-state index in [0.717, 1.165) is 12.5 Å². The maximum absolute atomic E-state index is 13.1. The highest BCUT2D eigenvalue weighted by atomic mass is 32.2. The molecule has 1 N–H and O–H groups in total. The highest BCUT2D eigenvalue weighted by molar-refractivity contribution is 7.85. The van der Waals surface area contributed by atoms with Gasteiger partial charge in [0.25, 0.3) is 0 Å². The fourth-order valence-electron chi connectivity index (χ4n) is 1.61. The molecular formula is C12H13FO3S. The van der Waals surface area contributed by atoms with Gasteiger partial charge in [0, 0.05) is 10.6 Å². The molecule has 1 aromatic carbocycles. The van der Waals surface area contributed by atoms with Crippen LogP contribution in [-0.4, -0.2) is 21.0 Å². The van der Waals surface area contributed by atoms with Crippen LogP contribution >= 0.6 is 0 Å². The lowest BCUT2D eigenvalue weighted by atomic mass is 10.2. The molecule has 5 heteroatoms. The molecule has 3 nitrogen and oxygen atoms in total. The van der Waals surface area contributed by atoms with Gasteiger partial charge in [-0.2, -0.15) is 0 Å². The minimum absolute atomic E-state index is 0.393. The summed E-state index contributed by atoms with van der Waals surface area (Å²) in [7, 11) is -1.23. The third-order valence-electron chi connectivity index (χ3n) is 2.84. The summed E-state index contributed by atoms with van der Waals surface area (Å²) in [5.74, 6) is -0.919. The highest BCUT2D eigenvalue weighted by Gasteiger charge is 2.22. The maximum Gasteiger partial charge on any atom is 0.338 e. The van der Waals surface area contributed by atoms with Crippen molar-refractivity contribution in [2.24, 2.45) is 5.92 Å². The molecule has 0 aromatic heterocycles. The van der Waals surface area contributed by atoms with E-state index in [2.05, 4.69) is 0 Å². The fourth-order valence-corrected chi connectivity index (χ4v) is 2.86. The molecule has 1 saturated carbocycles. The third-order valence-corrected chi connectivity index (χ3v) is 4.23. The number of hydrogen-bond acceptors (Lipinski definition) is 2. The van der Waals surface area contributed by atoms with Crippen molar-refractivity contribution in [3.05, 3.63) is 29.6 Å². The Kier molecular flexibility index (Phi) is 3.57. The Morgan fingerprint density at radius 1 is 1.47 bits per heavy atom. The number of halogens is 1. The zero-order valence-electron chi connectivity index (χ0n) is 9.19. The minimum Gasteiger partial charge on any atom is -0.478 e. The first kappa shape index (κ1) is 12.2. The number of carboxylic acids is 1. The van der Waals surface area contributed by atoms with Gasteiger partial charge in [0.05, 0.1) is 16.4 Å². The Labute approximate surface area is 101 Å². The van der Waals surface area contributed by atoms with Gasteiger partial charge in [0.1, 0.15) is 5.82 Å². The molecule has 1 fully saturated rings. The first-order chi connectivity index (χ1) is 8.08. The zero-order chi connectivity index (χ0) is 12.4. The lowest BCUT2D eigenvalue weighted by Gasteiger charge is -2.04. The largest absolute Gasteiger partial charge is 0.478 e. The van der Waals surface area contributed by atoms with Gasteiger partial charge in [-0.3, -0.25) is 4.21 Å². The van der Waals surface area contributed by atoms with Crippen LogP contribution in [0.25, 0.3) is 0 Å². The number of carbonyl (C=O) groups is 1. The van der Waals surface area contributed by atoms with Crippen LogP contribution in [0.4, 0.5) is 4.39 Å². The van der Waals surface area contributed by atoms with Crippen LogP contribution in [0.5, 0.6) is 0 Å². The molecule has 0 saturated heterocycles. The summed E-state index contributed by atoms with van der Waals surface area (Å²) in [4.78, 5) is 11.1. The zero-order valence-corrected chi connectivity index (χ0v) is 10.0. The standard InChI is InChI=1S/C12H13FO3S/c13-11-4-3-9(7-10(11)12(14)15)17(16)6-5-8-1-2-8/h3-4,7-8H,1-2,5-6H2,(H,14,15). The molecule has 0 aliphatic heterocycles. The molecule has 17 heavy (non-hydrogen) atoms. The average Bonchev–Trinajstić information content (AvgIpc) is 3.10. The van der Waals surface area contributed by atoms with E-state index in [4.69, 9.17) is 5.11 Å².